The molecule has 7 aromatic carbocycles. The summed E-state index contributed by atoms with van der Waals surface area (Å²) < 4.78 is 4.77. The molecule has 1 aliphatic heterocycles. The molecule has 0 aliphatic carbocycles. The zero-order valence-corrected chi connectivity index (χ0v) is 31.3. The molecule has 2 unspecified atom stereocenters. The number of allylic oxidation sites excluding steroid dienone is 2. The number of nitrogens with one attached hydrogen (secondary N) is 2. The highest BCUT2D eigenvalue weighted by molar-refractivity contribution is 6.19. The minimum atomic E-state index is -0.325. The molecule has 56 heavy (non-hydrogen) atoms. The summed E-state index contributed by atoms with van der Waals surface area (Å²) in [7, 11) is 0. The SMILES string of the molecule is CC1=CC=C(n2c3ccccc3c3cc4c(cc32)c2ccccc2n4-c2ccccc2)NC1.NC(NC(N)c1cccc(-c2ccccc2)c1)c1ccccc1. The summed E-state index contributed by atoms with van der Waals surface area (Å²) in [5, 5.41) is 12.0. The molecule has 6 nitrogen and oxygen atoms in total. The number of aromatic nitrogens is 2. The van der Waals surface area contributed by atoms with Gasteiger partial charge in [-0.2, -0.15) is 0 Å². The molecule has 1 aliphatic rings. The Hall–Kier alpha value is -6.70. The first-order chi connectivity index (χ1) is 27.5. The fraction of sp³-hybridized carbons (Fsp3) is 0.0800. The van der Waals surface area contributed by atoms with Crippen LogP contribution in [0.15, 0.2) is 194 Å². The van der Waals surface area contributed by atoms with Gasteiger partial charge in [-0.3, -0.25) is 9.88 Å². The highest BCUT2D eigenvalue weighted by Gasteiger charge is 2.19. The molecule has 0 fully saturated rings. The predicted octanol–water partition coefficient (Wildman–Crippen LogP) is 10.8. The van der Waals surface area contributed by atoms with E-state index in [4.69, 9.17) is 11.5 Å². The maximum absolute atomic E-state index is 6.29. The Morgan fingerprint density at radius 1 is 0.482 bits per heavy atom. The van der Waals surface area contributed by atoms with Crippen LogP contribution in [0.3, 0.4) is 0 Å². The van der Waals surface area contributed by atoms with E-state index in [1.807, 2.05) is 60.7 Å². The molecular formula is C50H44N6. The van der Waals surface area contributed by atoms with Crippen LogP contribution in [0.2, 0.25) is 0 Å². The topological polar surface area (TPSA) is 86.0 Å². The van der Waals surface area contributed by atoms with Crippen LogP contribution in [-0.4, -0.2) is 15.7 Å². The van der Waals surface area contributed by atoms with E-state index < -0.39 is 0 Å². The van der Waals surface area contributed by atoms with Crippen molar-refractivity contribution in [3.05, 3.63) is 205 Å². The second-order valence-electron chi connectivity index (χ2n) is 14.4. The second-order valence-corrected chi connectivity index (χ2v) is 14.4. The van der Waals surface area contributed by atoms with E-state index in [1.54, 1.807) is 0 Å². The Balaban J connectivity index is 0.000000157. The van der Waals surface area contributed by atoms with Crippen molar-refractivity contribution in [1.82, 2.24) is 19.8 Å². The summed E-state index contributed by atoms with van der Waals surface area (Å²) in [6, 6.07) is 61.2. The number of fused-ring (bicyclic) bond motifs is 6. The van der Waals surface area contributed by atoms with Crippen LogP contribution in [0.4, 0.5) is 0 Å². The van der Waals surface area contributed by atoms with Crippen molar-refractivity contribution in [3.8, 4) is 16.8 Å². The lowest BCUT2D eigenvalue weighted by atomic mass is 10.0. The quantitative estimate of drug-likeness (QED) is 0.123. The first-order valence-electron chi connectivity index (χ1n) is 19.1. The predicted molar refractivity (Wildman–Crippen MR) is 235 cm³/mol. The standard InChI is InChI=1S/C30H23N3.C20H21N3/c1-20-15-16-30(31-19-20)33-27-14-8-6-12-23(27)25-17-28-24(18-29(25)33)22-11-5-7-13-26(22)32(28)21-9-3-2-4-10-21;21-19(16-10-5-2-6-11-16)23-20(22)18-13-7-12-17(14-18)15-8-3-1-4-9-15/h2-18,31H,19H2,1H3;1-14,19-20,23H,21-22H2. The van der Waals surface area contributed by atoms with Gasteiger partial charge in [0.1, 0.15) is 5.82 Å². The molecule has 6 N–H and O–H groups in total. The number of dihydropyridines is 1. The van der Waals surface area contributed by atoms with Gasteiger partial charge in [0, 0.05) is 33.8 Å². The van der Waals surface area contributed by atoms with E-state index in [0.717, 1.165) is 29.1 Å². The molecule has 0 saturated carbocycles. The second kappa shape index (κ2) is 15.2. The molecule has 0 bridgehead atoms. The summed E-state index contributed by atoms with van der Waals surface area (Å²) in [6.45, 7) is 3.03. The van der Waals surface area contributed by atoms with Gasteiger partial charge >= 0.3 is 0 Å². The number of nitrogens with two attached hydrogens (primary N) is 2. The fourth-order valence-corrected chi connectivity index (χ4v) is 7.86. The molecule has 2 atom stereocenters. The molecule has 0 saturated heterocycles. The summed E-state index contributed by atoms with van der Waals surface area (Å²) in [6.07, 6.45) is 3.79. The third kappa shape index (κ3) is 6.67. The lowest BCUT2D eigenvalue weighted by Gasteiger charge is -2.21. The van der Waals surface area contributed by atoms with Gasteiger partial charge in [-0.05, 0) is 77.7 Å². The van der Waals surface area contributed by atoms with Gasteiger partial charge < -0.3 is 21.4 Å². The van der Waals surface area contributed by atoms with Crippen LogP contribution in [0.1, 0.15) is 30.4 Å². The molecular weight excluding hydrogens is 685 g/mol. The Morgan fingerprint density at radius 2 is 1.00 bits per heavy atom. The molecule has 3 heterocycles. The lowest BCUT2D eigenvalue weighted by molar-refractivity contribution is 0.464. The number of benzene rings is 7. The Kier molecular flexibility index (Phi) is 9.51. The largest absolute Gasteiger partial charge is 0.367 e. The van der Waals surface area contributed by atoms with E-state index in [0.29, 0.717) is 0 Å². The average molecular weight is 729 g/mol. The van der Waals surface area contributed by atoms with E-state index in [-0.39, 0.29) is 12.3 Å². The number of nitrogens with zero attached hydrogens (tertiary/aromatic N) is 2. The van der Waals surface area contributed by atoms with Crippen LogP contribution < -0.4 is 22.1 Å². The number of hydrogen-bond donors (Lipinski definition) is 4. The zero-order valence-electron chi connectivity index (χ0n) is 31.3. The number of para-hydroxylation sites is 3. The first kappa shape index (κ1) is 35.0. The summed E-state index contributed by atoms with van der Waals surface area (Å²) in [5.41, 5.74) is 24.3. The molecule has 9 aromatic rings. The van der Waals surface area contributed by atoms with Crippen molar-refractivity contribution in [2.75, 3.05) is 6.54 Å². The maximum atomic E-state index is 6.29. The fourth-order valence-electron chi connectivity index (χ4n) is 7.86. The van der Waals surface area contributed by atoms with Crippen LogP contribution in [0.25, 0.3) is 66.2 Å². The molecule has 274 valence electrons. The van der Waals surface area contributed by atoms with Gasteiger partial charge in [0.25, 0.3) is 0 Å². The first-order valence-corrected chi connectivity index (χ1v) is 19.1. The van der Waals surface area contributed by atoms with Crippen LogP contribution >= 0.6 is 0 Å². The molecule has 2 aromatic heterocycles. The third-order valence-electron chi connectivity index (χ3n) is 10.7. The van der Waals surface area contributed by atoms with Crippen molar-refractivity contribution < 1.29 is 0 Å². The summed E-state index contributed by atoms with van der Waals surface area (Å²) >= 11 is 0. The summed E-state index contributed by atoms with van der Waals surface area (Å²) in [4.78, 5) is 0. The maximum Gasteiger partial charge on any atom is 0.111 e. The van der Waals surface area contributed by atoms with Crippen LogP contribution in [0.5, 0.6) is 0 Å². The monoisotopic (exact) mass is 728 g/mol. The third-order valence-corrected chi connectivity index (χ3v) is 10.7. The lowest BCUT2D eigenvalue weighted by Crippen LogP contribution is -2.36. The smallest absolute Gasteiger partial charge is 0.111 e. The Labute approximate surface area is 327 Å². The van der Waals surface area contributed by atoms with E-state index in [9.17, 15) is 0 Å². The molecule has 0 spiro atoms. The van der Waals surface area contributed by atoms with Gasteiger partial charge in [0.05, 0.1) is 34.4 Å². The molecule has 10 rings (SSSR count). The number of rotatable bonds is 7. The molecule has 0 radical (unpaired) electrons. The van der Waals surface area contributed by atoms with Crippen LogP contribution in [-0.2, 0) is 0 Å². The van der Waals surface area contributed by atoms with E-state index in [1.165, 1.54) is 60.4 Å². The van der Waals surface area contributed by atoms with Crippen molar-refractivity contribution in [3.63, 3.8) is 0 Å². The Bertz CT molecular complexity index is 2870. The zero-order chi connectivity index (χ0) is 38.0. The van der Waals surface area contributed by atoms with Crippen LogP contribution in [0, 0.1) is 0 Å². The normalized spacial score (nSPS) is 13.8. The highest BCUT2D eigenvalue weighted by atomic mass is 15.1. The highest BCUT2D eigenvalue weighted by Crippen LogP contribution is 2.39. The molecule has 6 heteroatoms. The minimum absolute atomic E-state index is 0.299. The van der Waals surface area contributed by atoms with E-state index in [2.05, 4.69) is 154 Å². The Morgan fingerprint density at radius 3 is 1.64 bits per heavy atom. The minimum Gasteiger partial charge on any atom is -0.367 e. The average Bonchev–Trinajstić information content (AvgIpc) is 3.76. The molecule has 0 amide bonds. The van der Waals surface area contributed by atoms with Gasteiger partial charge in [0.2, 0.25) is 0 Å². The van der Waals surface area contributed by atoms with Gasteiger partial charge in [-0.15, -0.1) is 0 Å². The van der Waals surface area contributed by atoms with Gasteiger partial charge in [0.15, 0.2) is 0 Å². The van der Waals surface area contributed by atoms with Crippen molar-refractivity contribution in [2.24, 2.45) is 11.5 Å². The van der Waals surface area contributed by atoms with Gasteiger partial charge in [-0.1, -0.05) is 145 Å². The summed E-state index contributed by atoms with van der Waals surface area (Å²) in [5.74, 6) is 1.12. The van der Waals surface area contributed by atoms with Crippen molar-refractivity contribution >= 4 is 49.4 Å². The number of hydrogen-bond acceptors (Lipinski definition) is 4. The van der Waals surface area contributed by atoms with Gasteiger partial charge in [-0.25, -0.2) is 0 Å². The van der Waals surface area contributed by atoms with E-state index >= 15 is 0 Å². The van der Waals surface area contributed by atoms with Crippen molar-refractivity contribution in [2.45, 2.75) is 19.3 Å². The van der Waals surface area contributed by atoms with Crippen molar-refractivity contribution in [1.29, 1.82) is 0 Å².